The van der Waals surface area contributed by atoms with Gasteiger partial charge in [-0.15, -0.1) is 0 Å². The monoisotopic (exact) mass is 559 g/mol. The maximum atomic E-state index is 14.3. The molecule has 2 bridgehead atoms. The Bertz CT molecular complexity index is 1520. The van der Waals surface area contributed by atoms with Gasteiger partial charge in [0.1, 0.15) is 23.2 Å². The van der Waals surface area contributed by atoms with Crippen LogP contribution in [0, 0.1) is 5.82 Å². The predicted octanol–water partition coefficient (Wildman–Crippen LogP) is 1.12. The van der Waals surface area contributed by atoms with Crippen molar-refractivity contribution in [2.24, 2.45) is 0 Å². The van der Waals surface area contributed by atoms with E-state index in [0.717, 1.165) is 25.0 Å². The Morgan fingerprint density at radius 3 is 2.77 bits per heavy atom. The number of benzene rings is 1. The van der Waals surface area contributed by atoms with Gasteiger partial charge in [-0.2, -0.15) is 9.61 Å². The van der Waals surface area contributed by atoms with E-state index in [1.54, 1.807) is 9.42 Å². The molecule has 0 saturated carbocycles. The summed E-state index contributed by atoms with van der Waals surface area (Å²) in [5.74, 6) is -0.430. The second-order valence-corrected chi connectivity index (χ2v) is 12.0. The summed E-state index contributed by atoms with van der Waals surface area (Å²) >= 11 is 0. The minimum atomic E-state index is -3.87. The summed E-state index contributed by atoms with van der Waals surface area (Å²) in [6.45, 7) is 1.78. The number of aromatic nitrogens is 3. The van der Waals surface area contributed by atoms with E-state index >= 15 is 0 Å². The molecular weight excluding hydrogens is 529 g/mol. The Hall–Kier alpha value is -3.49. The van der Waals surface area contributed by atoms with Crippen molar-refractivity contribution in [3.05, 3.63) is 47.4 Å². The van der Waals surface area contributed by atoms with Gasteiger partial charge < -0.3 is 24.5 Å². The van der Waals surface area contributed by atoms with Gasteiger partial charge in [0.2, 0.25) is 16.0 Å². The van der Waals surface area contributed by atoms with Crippen LogP contribution in [0.25, 0.3) is 5.65 Å². The van der Waals surface area contributed by atoms with Crippen molar-refractivity contribution in [2.75, 3.05) is 55.5 Å². The number of sulfonamides is 1. The van der Waals surface area contributed by atoms with Gasteiger partial charge in [-0.25, -0.2) is 22.5 Å². The lowest BCUT2D eigenvalue weighted by Crippen LogP contribution is -2.51. The highest BCUT2D eigenvalue weighted by molar-refractivity contribution is 7.89. The molecule has 6 rings (SSSR count). The highest BCUT2D eigenvalue weighted by Crippen LogP contribution is 2.35. The van der Waals surface area contributed by atoms with E-state index in [1.165, 1.54) is 6.07 Å². The summed E-state index contributed by atoms with van der Waals surface area (Å²) in [5.41, 5.74) is 1.20. The van der Waals surface area contributed by atoms with Gasteiger partial charge in [-0.05, 0) is 37.5 Å². The fourth-order valence-electron chi connectivity index (χ4n) is 5.30. The van der Waals surface area contributed by atoms with Crippen LogP contribution in [-0.2, 0) is 10.0 Å². The highest BCUT2D eigenvalue weighted by Gasteiger charge is 2.34. The number of anilines is 2. The molecule has 2 fully saturated rings. The lowest BCUT2D eigenvalue weighted by atomic mass is 9.98. The third-order valence-electron chi connectivity index (χ3n) is 7.41. The Morgan fingerprint density at radius 1 is 1.15 bits per heavy atom. The summed E-state index contributed by atoms with van der Waals surface area (Å²) in [7, 11) is -2.04. The predicted molar refractivity (Wildman–Crippen MR) is 141 cm³/mol. The molecule has 5 heterocycles. The van der Waals surface area contributed by atoms with Crippen LogP contribution in [-0.4, -0.2) is 90.7 Å². The topological polar surface area (TPSA) is 133 Å². The first kappa shape index (κ1) is 25.8. The van der Waals surface area contributed by atoms with Crippen LogP contribution in [0.5, 0.6) is 5.75 Å². The first-order chi connectivity index (χ1) is 18.7. The van der Waals surface area contributed by atoms with Gasteiger partial charge in [-0.3, -0.25) is 4.79 Å². The molecule has 3 aliphatic rings. The van der Waals surface area contributed by atoms with E-state index in [4.69, 9.17) is 14.8 Å². The maximum Gasteiger partial charge on any atom is 0.258 e. The number of aliphatic hydroxyl groups excluding tert-OH is 1. The number of piperidine rings is 1. The second-order valence-electron chi connectivity index (χ2n) is 10.2. The number of ether oxygens (including phenoxy) is 1. The number of hydrogen-bond donors (Lipinski definition) is 2. The van der Waals surface area contributed by atoms with E-state index in [9.17, 15) is 22.7 Å². The van der Waals surface area contributed by atoms with Crippen molar-refractivity contribution >= 4 is 33.2 Å². The van der Waals surface area contributed by atoms with Gasteiger partial charge >= 0.3 is 0 Å². The third-order valence-corrected chi connectivity index (χ3v) is 8.48. The van der Waals surface area contributed by atoms with E-state index in [2.05, 4.69) is 4.72 Å². The van der Waals surface area contributed by atoms with Crippen molar-refractivity contribution in [3.63, 3.8) is 0 Å². The number of aliphatic hydroxyl groups is 1. The zero-order valence-corrected chi connectivity index (χ0v) is 22.3. The molecule has 12 nitrogen and oxygen atoms in total. The molecule has 0 spiro atoms. The molecule has 14 heteroatoms. The van der Waals surface area contributed by atoms with Crippen LogP contribution in [0.1, 0.15) is 41.4 Å². The van der Waals surface area contributed by atoms with E-state index in [1.807, 2.05) is 29.0 Å². The zero-order valence-electron chi connectivity index (χ0n) is 21.5. The molecular formula is C25H30FN7O5S. The maximum absolute atomic E-state index is 14.3. The molecule has 1 unspecified atom stereocenters. The SMILES string of the molecule is CN1CCNS(=O)(=O)COc2ccc(F)cc2C(=O)N2CCCCC2c2cc3nc(N4CC(O)C4)cc1n3n2. The number of rotatable bonds is 1. The number of halogens is 1. The molecule has 39 heavy (non-hydrogen) atoms. The largest absolute Gasteiger partial charge is 0.475 e. The smallest absolute Gasteiger partial charge is 0.258 e. The minimum Gasteiger partial charge on any atom is -0.475 e. The molecule has 1 atom stereocenters. The van der Waals surface area contributed by atoms with Crippen LogP contribution in [0.3, 0.4) is 0 Å². The molecule has 2 N–H and O–H groups in total. The van der Waals surface area contributed by atoms with Crippen LogP contribution < -0.4 is 19.3 Å². The van der Waals surface area contributed by atoms with Gasteiger partial charge in [0.15, 0.2) is 5.65 Å². The summed E-state index contributed by atoms with van der Waals surface area (Å²) in [6, 6.07) is 6.84. The molecule has 1 aromatic carbocycles. The Kier molecular flexibility index (Phi) is 6.55. The van der Waals surface area contributed by atoms with Gasteiger partial charge in [-0.1, -0.05) is 0 Å². The number of nitrogens with one attached hydrogen (secondary N) is 1. The second kappa shape index (κ2) is 9.92. The third kappa shape index (κ3) is 4.99. The molecule has 3 aromatic rings. The van der Waals surface area contributed by atoms with E-state index in [0.29, 0.717) is 55.6 Å². The quantitative estimate of drug-likeness (QED) is 0.450. The van der Waals surface area contributed by atoms with Crippen LogP contribution >= 0.6 is 0 Å². The average molecular weight is 560 g/mol. The summed E-state index contributed by atoms with van der Waals surface area (Å²) in [5, 5.41) is 14.7. The summed E-state index contributed by atoms with van der Waals surface area (Å²) in [4.78, 5) is 24.1. The fraction of sp³-hybridized carbons (Fsp3) is 0.480. The number of carbonyl (C=O) groups excluding carboxylic acids is 1. The van der Waals surface area contributed by atoms with Crippen molar-refractivity contribution < 1.29 is 27.4 Å². The normalized spacial score (nSPS) is 22.4. The number of nitrogens with zero attached hydrogens (tertiary/aromatic N) is 6. The van der Waals surface area contributed by atoms with Gasteiger partial charge in [0.25, 0.3) is 5.91 Å². The molecule has 3 aliphatic heterocycles. The molecule has 208 valence electrons. The van der Waals surface area contributed by atoms with Crippen LogP contribution in [0.15, 0.2) is 30.3 Å². The fourth-order valence-corrected chi connectivity index (χ4v) is 6.07. The minimum absolute atomic E-state index is 0.000595. The van der Waals surface area contributed by atoms with Gasteiger partial charge in [0, 0.05) is 51.9 Å². The van der Waals surface area contributed by atoms with E-state index in [-0.39, 0.29) is 23.9 Å². The lowest BCUT2D eigenvalue weighted by molar-refractivity contribution is 0.0601. The standard InChI is InChI=1S/C25H30FN7O5S/c1-30-9-7-27-39(36,37)15-38-21-6-5-16(26)10-18(21)25(35)32-8-3-2-4-20(32)19-11-23-28-22(31-13-17(34)14-31)12-24(30)33(23)29-19/h5-6,10-12,17,20,27,34H,2-4,7-9,13-15H2,1H3. The number of hydrogen-bond acceptors (Lipinski definition) is 9. The zero-order chi connectivity index (χ0) is 27.3. The van der Waals surface area contributed by atoms with Crippen molar-refractivity contribution in [2.45, 2.75) is 31.4 Å². The van der Waals surface area contributed by atoms with Gasteiger partial charge in [0.05, 0.1) is 23.4 Å². The molecule has 2 aromatic heterocycles. The number of amides is 1. The van der Waals surface area contributed by atoms with Crippen molar-refractivity contribution in [1.29, 1.82) is 0 Å². The summed E-state index contributed by atoms with van der Waals surface area (Å²) in [6.07, 6.45) is 1.91. The van der Waals surface area contributed by atoms with Crippen LogP contribution in [0.4, 0.5) is 16.0 Å². The molecule has 0 aliphatic carbocycles. The highest BCUT2D eigenvalue weighted by atomic mass is 32.2. The van der Waals surface area contributed by atoms with E-state index < -0.39 is 33.8 Å². The first-order valence-corrected chi connectivity index (χ1v) is 14.6. The molecule has 1 amide bonds. The number of likely N-dealkylation sites (N-methyl/N-ethyl adjacent to an activating group) is 1. The Labute approximate surface area is 225 Å². The molecule has 0 radical (unpaired) electrons. The van der Waals surface area contributed by atoms with Crippen LogP contribution in [0.2, 0.25) is 0 Å². The summed E-state index contributed by atoms with van der Waals surface area (Å²) < 4.78 is 49.4. The Balaban J connectivity index is 1.47. The van der Waals surface area contributed by atoms with Crippen molar-refractivity contribution in [1.82, 2.24) is 24.2 Å². The first-order valence-electron chi connectivity index (χ1n) is 12.9. The number of fused-ring (bicyclic) bond motifs is 4. The molecule has 2 saturated heterocycles. The Morgan fingerprint density at radius 2 is 1.97 bits per heavy atom. The lowest BCUT2D eigenvalue weighted by Gasteiger charge is -2.37. The number of carbonyl (C=O) groups is 1. The van der Waals surface area contributed by atoms with Crippen molar-refractivity contribution in [3.8, 4) is 5.75 Å². The average Bonchev–Trinajstić information content (AvgIpc) is 3.33. The number of β-amino-alcohol motifs (C(OH)–C–C–N with tert-alkyl or cyclic N) is 1.